The summed E-state index contributed by atoms with van der Waals surface area (Å²) in [4.78, 5) is 16.2. The summed E-state index contributed by atoms with van der Waals surface area (Å²) >= 11 is 0. The van der Waals surface area contributed by atoms with Crippen LogP contribution in [0, 0.1) is 0 Å². The van der Waals surface area contributed by atoms with Crippen LogP contribution in [0.5, 0.6) is 0 Å². The number of amides is 1. The Kier molecular flexibility index (Phi) is 4.87. The second kappa shape index (κ2) is 6.93. The molecule has 1 unspecified atom stereocenters. The van der Waals surface area contributed by atoms with E-state index in [0.717, 1.165) is 18.4 Å². The van der Waals surface area contributed by atoms with Crippen molar-refractivity contribution in [2.24, 2.45) is 0 Å². The first-order valence-electron chi connectivity index (χ1n) is 8.21. The summed E-state index contributed by atoms with van der Waals surface area (Å²) < 4.78 is 27.3. The van der Waals surface area contributed by atoms with Crippen molar-refractivity contribution in [3.63, 3.8) is 0 Å². The van der Waals surface area contributed by atoms with Gasteiger partial charge in [-0.1, -0.05) is 12.1 Å². The molecule has 1 amide bonds. The molecule has 0 bridgehead atoms. The average Bonchev–Trinajstić information content (AvgIpc) is 2.80. The number of benzene rings is 1. The molecule has 0 saturated carbocycles. The molecule has 7 heteroatoms. The van der Waals surface area contributed by atoms with Crippen molar-refractivity contribution < 1.29 is 13.2 Å². The summed E-state index contributed by atoms with van der Waals surface area (Å²) in [6.45, 7) is 1.80. The third-order valence-electron chi connectivity index (χ3n) is 4.54. The maximum atomic E-state index is 13.0. The summed E-state index contributed by atoms with van der Waals surface area (Å²) in [6.07, 6.45) is 3.62. The SMILES string of the molecule is CC(c1ccccn1)N(C)S(=O)(=O)c1ccc2c(c1)NC(=O)CCC2. The summed E-state index contributed by atoms with van der Waals surface area (Å²) in [5.74, 6) is -0.0801. The number of aryl methyl sites for hydroxylation is 1. The predicted octanol–water partition coefficient (Wildman–Crippen LogP) is 2.74. The Labute approximate surface area is 147 Å². The van der Waals surface area contributed by atoms with Gasteiger partial charge in [0.15, 0.2) is 0 Å². The molecule has 1 aliphatic rings. The van der Waals surface area contributed by atoms with Gasteiger partial charge < -0.3 is 5.32 Å². The number of hydrogen-bond acceptors (Lipinski definition) is 4. The lowest BCUT2D eigenvalue weighted by Crippen LogP contribution is -2.30. The van der Waals surface area contributed by atoms with Gasteiger partial charge >= 0.3 is 0 Å². The number of fused-ring (bicyclic) bond motifs is 1. The predicted molar refractivity (Wildman–Crippen MR) is 95.6 cm³/mol. The van der Waals surface area contributed by atoms with Gasteiger partial charge in [0.2, 0.25) is 15.9 Å². The molecule has 6 nitrogen and oxygen atoms in total. The molecule has 0 aliphatic carbocycles. The van der Waals surface area contributed by atoms with Crippen LogP contribution in [0.4, 0.5) is 5.69 Å². The largest absolute Gasteiger partial charge is 0.326 e. The van der Waals surface area contributed by atoms with Crippen LogP contribution in [0.1, 0.15) is 37.1 Å². The number of anilines is 1. The molecule has 25 heavy (non-hydrogen) atoms. The normalized spacial score (nSPS) is 16.0. The van der Waals surface area contributed by atoms with E-state index < -0.39 is 16.1 Å². The molecule has 3 rings (SSSR count). The number of carbonyl (C=O) groups excluding carboxylic acids is 1. The third kappa shape index (κ3) is 3.57. The van der Waals surface area contributed by atoms with E-state index in [2.05, 4.69) is 10.3 Å². The Morgan fingerprint density at radius 3 is 2.72 bits per heavy atom. The number of rotatable bonds is 4. The molecular weight excluding hydrogens is 338 g/mol. The molecule has 1 aliphatic heterocycles. The quantitative estimate of drug-likeness (QED) is 0.910. The zero-order valence-corrected chi connectivity index (χ0v) is 15.1. The van der Waals surface area contributed by atoms with Crippen LogP contribution in [0.2, 0.25) is 0 Å². The van der Waals surface area contributed by atoms with Crippen LogP contribution in [0.3, 0.4) is 0 Å². The van der Waals surface area contributed by atoms with Crippen LogP contribution >= 0.6 is 0 Å². The Morgan fingerprint density at radius 2 is 2.00 bits per heavy atom. The van der Waals surface area contributed by atoms with Gasteiger partial charge in [-0.15, -0.1) is 0 Å². The van der Waals surface area contributed by atoms with Crippen LogP contribution in [0.15, 0.2) is 47.5 Å². The van der Waals surface area contributed by atoms with Crippen LogP contribution < -0.4 is 5.32 Å². The van der Waals surface area contributed by atoms with Crippen molar-refractivity contribution in [2.45, 2.75) is 37.1 Å². The van der Waals surface area contributed by atoms with E-state index in [1.165, 1.54) is 4.31 Å². The van der Waals surface area contributed by atoms with E-state index in [0.29, 0.717) is 17.8 Å². The van der Waals surface area contributed by atoms with E-state index >= 15 is 0 Å². The molecule has 0 radical (unpaired) electrons. The maximum Gasteiger partial charge on any atom is 0.243 e. The topological polar surface area (TPSA) is 79.4 Å². The van der Waals surface area contributed by atoms with Gasteiger partial charge in [0.25, 0.3) is 0 Å². The lowest BCUT2D eigenvalue weighted by atomic mass is 10.1. The van der Waals surface area contributed by atoms with Gasteiger partial charge in [-0.05, 0) is 49.6 Å². The molecule has 2 aromatic rings. The molecule has 1 aromatic carbocycles. The van der Waals surface area contributed by atoms with Crippen LogP contribution in [-0.2, 0) is 21.2 Å². The Balaban J connectivity index is 1.93. The fourth-order valence-corrected chi connectivity index (χ4v) is 4.25. The highest BCUT2D eigenvalue weighted by atomic mass is 32.2. The standard InChI is InChI=1S/C18H21N3O3S/c1-13(16-7-3-4-11-19-16)21(2)25(23,24)15-10-9-14-6-5-8-18(22)20-17(14)12-15/h3-4,7,9-13H,5-6,8H2,1-2H3,(H,20,22). The first-order valence-corrected chi connectivity index (χ1v) is 9.65. The second-order valence-electron chi connectivity index (χ2n) is 6.17. The number of hydrogen-bond donors (Lipinski definition) is 1. The van der Waals surface area contributed by atoms with Gasteiger partial charge in [-0.3, -0.25) is 9.78 Å². The minimum Gasteiger partial charge on any atom is -0.326 e. The minimum absolute atomic E-state index is 0.0801. The van der Waals surface area contributed by atoms with E-state index in [4.69, 9.17) is 0 Å². The molecule has 2 heterocycles. The molecule has 0 saturated heterocycles. The Bertz CT molecular complexity index is 882. The number of nitrogens with one attached hydrogen (secondary N) is 1. The Morgan fingerprint density at radius 1 is 1.20 bits per heavy atom. The van der Waals surface area contributed by atoms with E-state index in [1.54, 1.807) is 50.5 Å². The van der Waals surface area contributed by atoms with Crippen molar-refractivity contribution in [3.05, 3.63) is 53.9 Å². The number of aromatic nitrogens is 1. The maximum absolute atomic E-state index is 13.0. The minimum atomic E-state index is -3.71. The highest BCUT2D eigenvalue weighted by Crippen LogP contribution is 2.29. The average molecular weight is 359 g/mol. The first kappa shape index (κ1) is 17.6. The molecule has 132 valence electrons. The van der Waals surface area contributed by atoms with Crippen molar-refractivity contribution >= 4 is 21.6 Å². The fourth-order valence-electron chi connectivity index (χ4n) is 2.89. The van der Waals surface area contributed by atoms with E-state index in [-0.39, 0.29) is 10.8 Å². The van der Waals surface area contributed by atoms with E-state index in [9.17, 15) is 13.2 Å². The molecule has 0 fully saturated rings. The zero-order chi connectivity index (χ0) is 18.0. The fraction of sp³-hybridized carbons (Fsp3) is 0.333. The number of nitrogens with zero attached hydrogens (tertiary/aromatic N) is 2. The third-order valence-corrected chi connectivity index (χ3v) is 6.47. The monoisotopic (exact) mass is 359 g/mol. The van der Waals surface area contributed by atoms with Gasteiger partial charge in [0.1, 0.15) is 0 Å². The number of sulfonamides is 1. The van der Waals surface area contributed by atoms with Crippen LogP contribution in [0.25, 0.3) is 0 Å². The summed E-state index contributed by atoms with van der Waals surface area (Å²) in [7, 11) is -2.17. The summed E-state index contributed by atoms with van der Waals surface area (Å²) in [5, 5.41) is 2.80. The molecule has 0 spiro atoms. The lowest BCUT2D eigenvalue weighted by molar-refractivity contribution is -0.116. The van der Waals surface area contributed by atoms with Crippen molar-refractivity contribution in [1.82, 2.24) is 9.29 Å². The highest BCUT2D eigenvalue weighted by Gasteiger charge is 2.28. The van der Waals surface area contributed by atoms with Crippen LogP contribution in [-0.4, -0.2) is 30.7 Å². The van der Waals surface area contributed by atoms with Gasteiger partial charge in [-0.2, -0.15) is 4.31 Å². The first-order chi connectivity index (χ1) is 11.9. The zero-order valence-electron chi connectivity index (χ0n) is 14.3. The van der Waals surface area contributed by atoms with Crippen molar-refractivity contribution in [3.8, 4) is 0 Å². The van der Waals surface area contributed by atoms with Crippen molar-refractivity contribution in [2.75, 3.05) is 12.4 Å². The molecule has 1 N–H and O–H groups in total. The Hall–Kier alpha value is -2.25. The summed E-state index contributed by atoms with van der Waals surface area (Å²) in [5.41, 5.74) is 2.23. The number of pyridine rings is 1. The smallest absolute Gasteiger partial charge is 0.243 e. The number of carbonyl (C=O) groups is 1. The lowest BCUT2D eigenvalue weighted by Gasteiger charge is -2.24. The summed E-state index contributed by atoms with van der Waals surface area (Å²) in [6, 6.07) is 9.96. The highest BCUT2D eigenvalue weighted by molar-refractivity contribution is 7.89. The van der Waals surface area contributed by atoms with E-state index in [1.807, 2.05) is 6.07 Å². The van der Waals surface area contributed by atoms with Crippen molar-refractivity contribution in [1.29, 1.82) is 0 Å². The molecule has 1 aromatic heterocycles. The van der Waals surface area contributed by atoms with Gasteiger partial charge in [-0.25, -0.2) is 8.42 Å². The second-order valence-corrected chi connectivity index (χ2v) is 8.17. The molecular formula is C18H21N3O3S. The molecule has 1 atom stereocenters. The van der Waals surface area contributed by atoms with Gasteiger partial charge in [0.05, 0.1) is 16.6 Å². The van der Waals surface area contributed by atoms with Gasteiger partial charge in [0, 0.05) is 25.4 Å².